The summed E-state index contributed by atoms with van der Waals surface area (Å²) in [6.07, 6.45) is 1.37. The lowest BCUT2D eigenvalue weighted by atomic mass is 9.90. The third-order valence-corrected chi connectivity index (χ3v) is 4.44. The summed E-state index contributed by atoms with van der Waals surface area (Å²) in [5.41, 5.74) is 6.75. The highest BCUT2D eigenvalue weighted by atomic mass is 16.2. The van der Waals surface area contributed by atoms with Gasteiger partial charge in [0.25, 0.3) is 5.91 Å². The Morgan fingerprint density at radius 2 is 1.76 bits per heavy atom. The average Bonchev–Trinajstić information content (AvgIpc) is 2.86. The molecule has 0 aromatic heterocycles. The van der Waals surface area contributed by atoms with Crippen molar-refractivity contribution in [1.82, 2.24) is 10.2 Å². The van der Waals surface area contributed by atoms with Gasteiger partial charge in [0, 0.05) is 30.5 Å². The molecule has 136 valence electrons. The van der Waals surface area contributed by atoms with Crippen LogP contribution in [-0.2, 0) is 16.1 Å². The Bertz CT molecular complexity index is 638. The van der Waals surface area contributed by atoms with Gasteiger partial charge < -0.3 is 11.1 Å². The molecule has 3 N–H and O–H groups in total. The Morgan fingerprint density at radius 3 is 2.24 bits per heavy atom. The van der Waals surface area contributed by atoms with Crippen molar-refractivity contribution in [1.29, 1.82) is 0 Å². The van der Waals surface area contributed by atoms with Gasteiger partial charge in [-0.15, -0.1) is 0 Å². The number of nitrogens with zero attached hydrogens (tertiary/aromatic N) is 1. The molecule has 1 atom stereocenters. The monoisotopic (exact) mass is 345 g/mol. The summed E-state index contributed by atoms with van der Waals surface area (Å²) in [6.45, 7) is 6.76. The lowest BCUT2D eigenvalue weighted by Crippen LogP contribution is -2.52. The van der Waals surface area contributed by atoms with Crippen LogP contribution in [0.3, 0.4) is 0 Å². The summed E-state index contributed by atoms with van der Waals surface area (Å²) in [7, 11) is 0. The van der Waals surface area contributed by atoms with Crippen molar-refractivity contribution in [2.45, 2.75) is 52.1 Å². The van der Waals surface area contributed by atoms with Gasteiger partial charge in [0.2, 0.25) is 11.8 Å². The van der Waals surface area contributed by atoms with E-state index in [2.05, 4.69) is 19.2 Å². The first-order valence-electron chi connectivity index (χ1n) is 8.69. The van der Waals surface area contributed by atoms with Crippen LogP contribution in [-0.4, -0.2) is 34.7 Å². The van der Waals surface area contributed by atoms with E-state index in [1.165, 1.54) is 4.90 Å². The lowest BCUT2D eigenvalue weighted by Gasteiger charge is -2.31. The molecule has 1 aliphatic rings. The van der Waals surface area contributed by atoms with Crippen molar-refractivity contribution in [3.63, 3.8) is 0 Å². The van der Waals surface area contributed by atoms with Crippen LogP contribution in [0.25, 0.3) is 0 Å². The quantitative estimate of drug-likeness (QED) is 0.737. The number of nitrogens with two attached hydrogens (primary N) is 1. The number of nitrogens with one attached hydrogen (secondary N) is 1. The van der Waals surface area contributed by atoms with Crippen molar-refractivity contribution in [3.8, 4) is 0 Å². The summed E-state index contributed by atoms with van der Waals surface area (Å²) < 4.78 is 0. The van der Waals surface area contributed by atoms with Gasteiger partial charge in [-0.2, -0.15) is 0 Å². The maximum absolute atomic E-state index is 12.5. The Balaban J connectivity index is 2.02. The Kier molecular flexibility index (Phi) is 5.95. The molecule has 0 radical (unpaired) electrons. The number of hydrogen-bond donors (Lipinski definition) is 2. The van der Waals surface area contributed by atoms with E-state index in [0.29, 0.717) is 18.0 Å². The molecule has 1 fully saturated rings. The van der Waals surface area contributed by atoms with E-state index in [-0.39, 0.29) is 37.1 Å². The van der Waals surface area contributed by atoms with Crippen LogP contribution in [0.5, 0.6) is 0 Å². The summed E-state index contributed by atoms with van der Waals surface area (Å²) in [5, 5.41) is 3.01. The van der Waals surface area contributed by atoms with Gasteiger partial charge in [-0.3, -0.25) is 19.3 Å². The lowest BCUT2D eigenvalue weighted by molar-refractivity contribution is -0.139. The van der Waals surface area contributed by atoms with Crippen molar-refractivity contribution in [3.05, 3.63) is 35.4 Å². The van der Waals surface area contributed by atoms with Crippen LogP contribution in [0.15, 0.2) is 24.3 Å². The molecule has 1 saturated heterocycles. The van der Waals surface area contributed by atoms with Crippen LogP contribution in [0.1, 0.15) is 56.0 Å². The number of carbonyl (C=O) groups excluding carboxylic acids is 3. The summed E-state index contributed by atoms with van der Waals surface area (Å²) in [4.78, 5) is 37.1. The minimum atomic E-state index is -0.446. The molecule has 3 amide bonds. The molecule has 0 bridgehead atoms. The highest BCUT2D eigenvalue weighted by Gasteiger charge is 2.29. The third-order valence-electron chi connectivity index (χ3n) is 4.44. The summed E-state index contributed by atoms with van der Waals surface area (Å²) in [6, 6.07) is 6.97. The molecule has 1 aromatic carbocycles. The molecule has 1 aromatic rings. The maximum Gasteiger partial charge on any atom is 0.251 e. The number of rotatable bonds is 7. The van der Waals surface area contributed by atoms with Crippen molar-refractivity contribution >= 4 is 17.7 Å². The molecule has 1 heterocycles. The molecule has 0 aliphatic carbocycles. The fourth-order valence-electron chi connectivity index (χ4n) is 3.18. The minimum Gasteiger partial charge on any atom is -0.346 e. The predicted molar refractivity (Wildman–Crippen MR) is 95.6 cm³/mol. The first-order chi connectivity index (χ1) is 11.7. The third kappa shape index (κ3) is 4.89. The van der Waals surface area contributed by atoms with Gasteiger partial charge in [0.1, 0.15) is 0 Å². The first kappa shape index (κ1) is 19.1. The Labute approximate surface area is 148 Å². The van der Waals surface area contributed by atoms with Crippen molar-refractivity contribution in [2.24, 2.45) is 11.7 Å². The second-order valence-electron chi connectivity index (χ2n) is 7.39. The Hall–Kier alpha value is -2.21. The SMILES string of the molecule is CC(C)CC(C)(CN)NC(=O)c1ccc(CN2C(=O)CCC2=O)cc1. The number of imide groups is 1. The molecule has 0 saturated carbocycles. The van der Waals surface area contributed by atoms with Crippen LogP contribution < -0.4 is 11.1 Å². The van der Waals surface area contributed by atoms with E-state index in [1.54, 1.807) is 24.3 Å². The summed E-state index contributed by atoms with van der Waals surface area (Å²) >= 11 is 0. The largest absolute Gasteiger partial charge is 0.346 e. The zero-order chi connectivity index (χ0) is 18.6. The van der Waals surface area contributed by atoms with E-state index < -0.39 is 5.54 Å². The standard InChI is InChI=1S/C19H27N3O3/c1-13(2)10-19(3,12-20)21-18(25)15-6-4-14(5-7-15)11-22-16(23)8-9-17(22)24/h4-7,13H,8-12,20H2,1-3H3,(H,21,25). The molecule has 6 heteroatoms. The average molecular weight is 345 g/mol. The van der Waals surface area contributed by atoms with Gasteiger partial charge in [0.15, 0.2) is 0 Å². The molecular weight excluding hydrogens is 318 g/mol. The van der Waals surface area contributed by atoms with Crippen LogP contribution in [0.4, 0.5) is 0 Å². The predicted octanol–water partition coefficient (Wildman–Crippen LogP) is 1.83. The zero-order valence-electron chi connectivity index (χ0n) is 15.2. The molecule has 0 spiro atoms. The van der Waals surface area contributed by atoms with Gasteiger partial charge in [0.05, 0.1) is 6.54 Å². The van der Waals surface area contributed by atoms with E-state index in [1.807, 2.05) is 6.92 Å². The second-order valence-corrected chi connectivity index (χ2v) is 7.39. The van der Waals surface area contributed by atoms with Crippen LogP contribution in [0.2, 0.25) is 0 Å². The number of likely N-dealkylation sites (tertiary alicyclic amines) is 1. The van der Waals surface area contributed by atoms with Crippen LogP contribution in [0, 0.1) is 5.92 Å². The molecular formula is C19H27N3O3. The van der Waals surface area contributed by atoms with E-state index in [4.69, 9.17) is 5.73 Å². The summed E-state index contributed by atoms with van der Waals surface area (Å²) in [5.74, 6) is -0.0290. The second kappa shape index (κ2) is 7.78. The van der Waals surface area contributed by atoms with Gasteiger partial charge in [-0.05, 0) is 37.0 Å². The normalized spacial score (nSPS) is 17.1. The van der Waals surface area contributed by atoms with Crippen molar-refractivity contribution in [2.75, 3.05) is 6.54 Å². The molecule has 2 rings (SSSR count). The number of carbonyl (C=O) groups is 3. The highest BCUT2D eigenvalue weighted by molar-refractivity contribution is 6.01. The molecule has 25 heavy (non-hydrogen) atoms. The van der Waals surface area contributed by atoms with E-state index >= 15 is 0 Å². The van der Waals surface area contributed by atoms with Crippen molar-refractivity contribution < 1.29 is 14.4 Å². The zero-order valence-corrected chi connectivity index (χ0v) is 15.2. The topological polar surface area (TPSA) is 92.5 Å². The van der Waals surface area contributed by atoms with Gasteiger partial charge in [-0.1, -0.05) is 26.0 Å². The number of benzene rings is 1. The molecule has 1 unspecified atom stereocenters. The fourth-order valence-corrected chi connectivity index (χ4v) is 3.18. The van der Waals surface area contributed by atoms with E-state index in [9.17, 15) is 14.4 Å². The van der Waals surface area contributed by atoms with Gasteiger partial charge in [-0.25, -0.2) is 0 Å². The maximum atomic E-state index is 12.5. The van der Waals surface area contributed by atoms with Crippen LogP contribution >= 0.6 is 0 Å². The fraction of sp³-hybridized carbons (Fsp3) is 0.526. The first-order valence-corrected chi connectivity index (χ1v) is 8.69. The smallest absolute Gasteiger partial charge is 0.251 e. The Morgan fingerprint density at radius 1 is 1.20 bits per heavy atom. The highest BCUT2D eigenvalue weighted by Crippen LogP contribution is 2.18. The number of amides is 3. The van der Waals surface area contributed by atoms with Gasteiger partial charge >= 0.3 is 0 Å². The minimum absolute atomic E-state index is 0.140. The molecule has 1 aliphatic heterocycles. The molecule has 6 nitrogen and oxygen atoms in total. The number of hydrogen-bond acceptors (Lipinski definition) is 4. The van der Waals surface area contributed by atoms with E-state index in [0.717, 1.165) is 12.0 Å².